The van der Waals surface area contributed by atoms with E-state index in [1.807, 2.05) is 0 Å². The highest BCUT2D eigenvalue weighted by Gasteiger charge is 2.29. The second-order valence-corrected chi connectivity index (χ2v) is 4.52. The maximum atomic E-state index is 13.8. The van der Waals surface area contributed by atoms with Crippen LogP contribution in [0, 0.1) is 5.82 Å². The van der Waals surface area contributed by atoms with E-state index in [1.165, 1.54) is 16.7 Å². The van der Waals surface area contributed by atoms with E-state index in [4.69, 9.17) is 0 Å². The molecule has 100 valence electrons. The van der Waals surface area contributed by atoms with Crippen LogP contribution in [0.1, 0.15) is 18.3 Å². The Morgan fingerprint density at radius 1 is 1.42 bits per heavy atom. The van der Waals surface area contributed by atoms with E-state index < -0.39 is 17.6 Å². The number of aromatic nitrogens is 3. The average molecular weight is 264 g/mol. The molecule has 2 atom stereocenters. The van der Waals surface area contributed by atoms with E-state index in [1.54, 1.807) is 12.1 Å². The molecule has 0 radical (unpaired) electrons. The molecule has 19 heavy (non-hydrogen) atoms. The molecule has 0 bridgehead atoms. The van der Waals surface area contributed by atoms with Gasteiger partial charge in [0.25, 0.3) is 0 Å². The lowest BCUT2D eigenvalue weighted by molar-refractivity contribution is 0.193. The highest BCUT2D eigenvalue weighted by molar-refractivity contribution is 5.34. The van der Waals surface area contributed by atoms with Gasteiger partial charge in [-0.1, -0.05) is 12.1 Å². The average Bonchev–Trinajstić information content (AvgIpc) is 2.96. The molecule has 0 amide bonds. The third-order valence-corrected chi connectivity index (χ3v) is 3.21. The number of H-pyrrole nitrogens is 1. The molecule has 1 aliphatic rings. The Labute approximate surface area is 107 Å². The third-order valence-electron chi connectivity index (χ3n) is 3.21. The van der Waals surface area contributed by atoms with E-state index in [2.05, 4.69) is 15.5 Å². The molecule has 1 aliphatic heterocycles. The zero-order valence-electron chi connectivity index (χ0n) is 10.0. The molecule has 0 unspecified atom stereocenters. The number of aliphatic hydroxyl groups excluding tert-OH is 1. The van der Waals surface area contributed by atoms with Crippen molar-refractivity contribution in [3.8, 4) is 5.69 Å². The van der Waals surface area contributed by atoms with Gasteiger partial charge in [-0.05, 0) is 18.6 Å². The van der Waals surface area contributed by atoms with E-state index in [0.717, 1.165) is 0 Å². The van der Waals surface area contributed by atoms with Crippen molar-refractivity contribution in [2.24, 2.45) is 0 Å². The topological polar surface area (TPSA) is 82.9 Å². The number of nitrogens with one attached hydrogen (secondary N) is 2. The second kappa shape index (κ2) is 4.60. The summed E-state index contributed by atoms with van der Waals surface area (Å²) in [5.74, 6) is -0.113. The number of rotatable bonds is 2. The minimum atomic E-state index is -0.497. The predicted octanol–water partition coefficient (Wildman–Crippen LogP) is 0.0950. The fourth-order valence-electron chi connectivity index (χ4n) is 2.32. The first-order valence-corrected chi connectivity index (χ1v) is 6.00. The van der Waals surface area contributed by atoms with Gasteiger partial charge in [0.05, 0.1) is 17.8 Å². The van der Waals surface area contributed by atoms with E-state index >= 15 is 0 Å². The Hall–Kier alpha value is -1.99. The van der Waals surface area contributed by atoms with Crippen LogP contribution in [-0.2, 0) is 0 Å². The minimum Gasteiger partial charge on any atom is -0.392 e. The molecule has 6 nitrogen and oxygen atoms in total. The van der Waals surface area contributed by atoms with Crippen LogP contribution in [0.2, 0.25) is 0 Å². The van der Waals surface area contributed by atoms with E-state index in [0.29, 0.717) is 18.8 Å². The summed E-state index contributed by atoms with van der Waals surface area (Å²) in [5, 5.41) is 18.8. The van der Waals surface area contributed by atoms with Crippen molar-refractivity contribution < 1.29 is 9.50 Å². The highest BCUT2D eigenvalue weighted by Crippen LogP contribution is 2.23. The van der Waals surface area contributed by atoms with Crippen molar-refractivity contribution in [2.45, 2.75) is 18.6 Å². The second-order valence-electron chi connectivity index (χ2n) is 4.52. The van der Waals surface area contributed by atoms with E-state index in [-0.39, 0.29) is 11.7 Å². The quantitative estimate of drug-likeness (QED) is 0.718. The third kappa shape index (κ3) is 2.06. The smallest absolute Gasteiger partial charge is 0.348 e. The molecule has 2 heterocycles. The van der Waals surface area contributed by atoms with Crippen LogP contribution >= 0.6 is 0 Å². The van der Waals surface area contributed by atoms with Gasteiger partial charge in [-0.3, -0.25) is 0 Å². The SMILES string of the molecule is O=c1[nH]nc([C@@H]2C[C@@H](O)CN2)n1-c1ccccc1F. The number of para-hydroxylation sites is 1. The number of hydrogen-bond donors (Lipinski definition) is 3. The maximum absolute atomic E-state index is 13.8. The Bertz CT molecular complexity index is 651. The zero-order chi connectivity index (χ0) is 13.4. The van der Waals surface area contributed by atoms with Crippen LogP contribution < -0.4 is 11.0 Å². The van der Waals surface area contributed by atoms with Crippen LogP contribution in [0.4, 0.5) is 4.39 Å². The van der Waals surface area contributed by atoms with Gasteiger partial charge in [0.2, 0.25) is 0 Å². The van der Waals surface area contributed by atoms with Gasteiger partial charge in [0.15, 0.2) is 5.82 Å². The summed E-state index contributed by atoms with van der Waals surface area (Å²) in [7, 11) is 0. The summed E-state index contributed by atoms with van der Waals surface area (Å²) >= 11 is 0. The number of benzene rings is 1. The number of halogens is 1. The number of aromatic amines is 1. The molecule has 3 N–H and O–H groups in total. The molecule has 1 saturated heterocycles. The molecular formula is C12H13FN4O2. The Kier molecular flexibility index (Phi) is 2.92. The van der Waals surface area contributed by atoms with Crippen LogP contribution in [0.25, 0.3) is 5.69 Å². The Balaban J connectivity index is 2.09. The monoisotopic (exact) mass is 264 g/mol. The summed E-state index contributed by atoms with van der Waals surface area (Å²) in [5.41, 5.74) is -0.345. The Morgan fingerprint density at radius 2 is 2.21 bits per heavy atom. The molecule has 7 heteroatoms. The van der Waals surface area contributed by atoms with Crippen LogP contribution in [0.3, 0.4) is 0 Å². The standard InChI is InChI=1S/C12H13FN4O2/c13-8-3-1-2-4-10(8)17-11(15-16-12(17)19)9-5-7(18)6-14-9/h1-4,7,9,14,18H,5-6H2,(H,16,19)/t7-,9+/m1/s1. The zero-order valence-corrected chi connectivity index (χ0v) is 10.0. The first-order valence-electron chi connectivity index (χ1n) is 6.00. The lowest BCUT2D eigenvalue weighted by Gasteiger charge is -2.11. The molecule has 0 saturated carbocycles. The van der Waals surface area contributed by atoms with Gasteiger partial charge in [0, 0.05) is 6.54 Å². The molecule has 0 spiro atoms. The van der Waals surface area contributed by atoms with Crippen molar-refractivity contribution >= 4 is 0 Å². The first-order chi connectivity index (χ1) is 9.16. The lowest BCUT2D eigenvalue weighted by atomic mass is 10.2. The first kappa shape index (κ1) is 12.1. The predicted molar refractivity (Wildman–Crippen MR) is 65.5 cm³/mol. The molecule has 1 aromatic carbocycles. The normalized spacial score (nSPS) is 22.8. The minimum absolute atomic E-state index is 0.152. The fraction of sp³-hybridized carbons (Fsp3) is 0.333. The molecule has 0 aliphatic carbocycles. The van der Waals surface area contributed by atoms with Crippen LogP contribution in [0.15, 0.2) is 29.1 Å². The molecule has 3 rings (SSSR count). The van der Waals surface area contributed by atoms with Crippen molar-refractivity contribution in [3.05, 3.63) is 46.4 Å². The van der Waals surface area contributed by atoms with Gasteiger partial charge in [0.1, 0.15) is 5.82 Å². The highest BCUT2D eigenvalue weighted by atomic mass is 19.1. The maximum Gasteiger partial charge on any atom is 0.348 e. The largest absolute Gasteiger partial charge is 0.392 e. The lowest BCUT2D eigenvalue weighted by Crippen LogP contribution is -2.23. The van der Waals surface area contributed by atoms with Crippen molar-refractivity contribution in [2.75, 3.05) is 6.54 Å². The van der Waals surface area contributed by atoms with Crippen molar-refractivity contribution in [1.82, 2.24) is 20.1 Å². The molecular weight excluding hydrogens is 251 g/mol. The van der Waals surface area contributed by atoms with Gasteiger partial charge in [-0.2, -0.15) is 5.10 Å². The summed E-state index contributed by atoms with van der Waals surface area (Å²) < 4.78 is 15.0. The summed E-state index contributed by atoms with van der Waals surface area (Å²) in [6.07, 6.45) is -0.0375. The number of hydrogen-bond acceptors (Lipinski definition) is 4. The summed E-state index contributed by atoms with van der Waals surface area (Å²) in [6, 6.07) is 5.74. The fourth-order valence-corrected chi connectivity index (χ4v) is 2.32. The van der Waals surface area contributed by atoms with Crippen molar-refractivity contribution in [1.29, 1.82) is 0 Å². The molecule has 2 aromatic rings. The van der Waals surface area contributed by atoms with Crippen molar-refractivity contribution in [3.63, 3.8) is 0 Å². The number of nitrogens with zero attached hydrogens (tertiary/aromatic N) is 2. The van der Waals surface area contributed by atoms with Crippen LogP contribution in [0.5, 0.6) is 0 Å². The van der Waals surface area contributed by atoms with Crippen LogP contribution in [-0.4, -0.2) is 32.5 Å². The van der Waals surface area contributed by atoms with Gasteiger partial charge in [-0.25, -0.2) is 18.9 Å². The van der Waals surface area contributed by atoms with E-state index in [9.17, 15) is 14.3 Å². The van der Waals surface area contributed by atoms with Gasteiger partial charge in [-0.15, -0.1) is 0 Å². The van der Waals surface area contributed by atoms with Gasteiger partial charge >= 0.3 is 5.69 Å². The molecule has 1 fully saturated rings. The summed E-state index contributed by atoms with van der Waals surface area (Å²) in [6.45, 7) is 0.434. The number of β-amino-alcohol motifs (C(OH)–C–C–N with tert-alkyl or cyclic N) is 1. The number of aliphatic hydroxyl groups is 1. The summed E-state index contributed by atoms with van der Waals surface area (Å²) in [4.78, 5) is 11.8. The molecule has 1 aromatic heterocycles. The Morgan fingerprint density at radius 3 is 2.89 bits per heavy atom. The van der Waals surface area contributed by atoms with Gasteiger partial charge < -0.3 is 10.4 Å².